The minimum atomic E-state index is -0.719. The largest absolute Gasteiger partial charge is 0.462 e. The third kappa shape index (κ3) is 5.24. The van der Waals surface area contributed by atoms with Crippen molar-refractivity contribution in [3.05, 3.63) is 101 Å². The van der Waals surface area contributed by atoms with Crippen LogP contribution >= 0.6 is 11.6 Å². The van der Waals surface area contributed by atoms with Gasteiger partial charge in [0.25, 0.3) is 17.7 Å². The SMILES string of the molecule is CCOC(=O)c1cccc(N2C(=O)C(Cl)=C(Nc3ccc(C(=O)N(CC)c4ccccc4)cc3)C2=O)c1. The summed E-state index contributed by atoms with van der Waals surface area (Å²) in [4.78, 5) is 53.6. The van der Waals surface area contributed by atoms with E-state index in [0.29, 0.717) is 17.8 Å². The number of amides is 3. The van der Waals surface area contributed by atoms with Crippen molar-refractivity contribution in [2.75, 3.05) is 28.3 Å². The molecule has 37 heavy (non-hydrogen) atoms. The van der Waals surface area contributed by atoms with E-state index in [2.05, 4.69) is 5.32 Å². The van der Waals surface area contributed by atoms with Gasteiger partial charge in [0.2, 0.25) is 0 Å². The van der Waals surface area contributed by atoms with Gasteiger partial charge in [0.15, 0.2) is 0 Å². The van der Waals surface area contributed by atoms with Crippen LogP contribution in [-0.4, -0.2) is 36.8 Å². The maximum absolute atomic E-state index is 13.1. The van der Waals surface area contributed by atoms with Crippen molar-refractivity contribution in [2.45, 2.75) is 13.8 Å². The molecule has 0 atom stereocenters. The van der Waals surface area contributed by atoms with Gasteiger partial charge in [-0.05, 0) is 68.4 Å². The fourth-order valence-electron chi connectivity index (χ4n) is 3.88. The van der Waals surface area contributed by atoms with Crippen LogP contribution < -0.4 is 15.1 Å². The van der Waals surface area contributed by atoms with E-state index in [0.717, 1.165) is 10.6 Å². The van der Waals surface area contributed by atoms with E-state index >= 15 is 0 Å². The lowest BCUT2D eigenvalue weighted by molar-refractivity contribution is -0.120. The van der Waals surface area contributed by atoms with E-state index in [1.54, 1.807) is 42.2 Å². The Balaban J connectivity index is 1.51. The third-order valence-corrected chi connectivity index (χ3v) is 6.02. The Morgan fingerprint density at radius 2 is 1.59 bits per heavy atom. The highest BCUT2D eigenvalue weighted by Gasteiger charge is 2.39. The predicted molar refractivity (Wildman–Crippen MR) is 142 cm³/mol. The monoisotopic (exact) mass is 517 g/mol. The average molecular weight is 518 g/mol. The van der Waals surface area contributed by atoms with Crippen molar-refractivity contribution in [1.29, 1.82) is 0 Å². The molecular formula is C28H24ClN3O5. The average Bonchev–Trinajstić information content (AvgIpc) is 3.13. The Labute approximate surface area is 219 Å². The molecule has 3 aromatic rings. The first-order valence-corrected chi connectivity index (χ1v) is 12.0. The lowest BCUT2D eigenvalue weighted by atomic mass is 10.1. The molecular weight excluding hydrogens is 494 g/mol. The summed E-state index contributed by atoms with van der Waals surface area (Å²) in [5.41, 5.74) is 2.01. The minimum absolute atomic E-state index is 0.105. The summed E-state index contributed by atoms with van der Waals surface area (Å²) in [5, 5.41) is 2.60. The molecule has 8 nitrogen and oxygen atoms in total. The number of esters is 1. The molecule has 1 aliphatic rings. The van der Waals surface area contributed by atoms with Crippen molar-refractivity contribution in [3.63, 3.8) is 0 Å². The van der Waals surface area contributed by atoms with E-state index in [-0.39, 0.29) is 34.5 Å². The van der Waals surface area contributed by atoms with Crippen molar-refractivity contribution < 1.29 is 23.9 Å². The fourth-order valence-corrected chi connectivity index (χ4v) is 4.09. The quantitative estimate of drug-likeness (QED) is 0.335. The smallest absolute Gasteiger partial charge is 0.338 e. The first-order valence-electron chi connectivity index (χ1n) is 11.7. The minimum Gasteiger partial charge on any atom is -0.462 e. The van der Waals surface area contributed by atoms with Gasteiger partial charge in [0.1, 0.15) is 10.7 Å². The number of carbonyl (C=O) groups is 4. The lowest BCUT2D eigenvalue weighted by Gasteiger charge is -2.21. The number of hydrogen-bond acceptors (Lipinski definition) is 6. The normalized spacial score (nSPS) is 13.1. The Kier molecular flexibility index (Phi) is 7.69. The molecule has 0 bridgehead atoms. The Hall–Kier alpha value is -4.43. The highest BCUT2D eigenvalue weighted by molar-refractivity contribution is 6.53. The molecule has 0 spiro atoms. The summed E-state index contributed by atoms with van der Waals surface area (Å²) in [6, 6.07) is 21.9. The number of halogens is 1. The number of nitrogens with zero attached hydrogens (tertiary/aromatic N) is 2. The van der Waals surface area contributed by atoms with Gasteiger partial charge in [0.05, 0.1) is 17.9 Å². The molecule has 0 radical (unpaired) electrons. The van der Waals surface area contributed by atoms with E-state index in [4.69, 9.17) is 16.3 Å². The highest BCUT2D eigenvalue weighted by Crippen LogP contribution is 2.31. The number of benzene rings is 3. The van der Waals surface area contributed by atoms with Crippen molar-refractivity contribution in [3.8, 4) is 0 Å². The van der Waals surface area contributed by atoms with Gasteiger partial charge in [-0.1, -0.05) is 35.9 Å². The molecule has 9 heteroatoms. The van der Waals surface area contributed by atoms with Crippen LogP contribution in [0.5, 0.6) is 0 Å². The van der Waals surface area contributed by atoms with Crippen LogP contribution in [-0.2, 0) is 14.3 Å². The van der Waals surface area contributed by atoms with E-state index in [9.17, 15) is 19.2 Å². The number of rotatable bonds is 8. The van der Waals surface area contributed by atoms with Crippen LogP contribution in [0.2, 0.25) is 0 Å². The maximum Gasteiger partial charge on any atom is 0.338 e. The van der Waals surface area contributed by atoms with Gasteiger partial charge in [-0.2, -0.15) is 0 Å². The molecule has 1 N–H and O–H groups in total. The zero-order chi connectivity index (χ0) is 26.5. The first-order chi connectivity index (χ1) is 17.8. The van der Waals surface area contributed by atoms with Gasteiger partial charge < -0.3 is 15.0 Å². The second-order valence-electron chi connectivity index (χ2n) is 7.99. The number of hydrogen-bond donors (Lipinski definition) is 1. The molecule has 0 fully saturated rings. The Morgan fingerprint density at radius 3 is 2.24 bits per heavy atom. The number of ether oxygens (including phenoxy) is 1. The summed E-state index contributed by atoms with van der Waals surface area (Å²) in [5.74, 6) is -2.12. The van der Waals surface area contributed by atoms with Gasteiger partial charge in [-0.25, -0.2) is 9.69 Å². The summed E-state index contributed by atoms with van der Waals surface area (Å²) in [7, 11) is 0. The topological polar surface area (TPSA) is 96.0 Å². The first kappa shape index (κ1) is 25.7. The van der Waals surface area contributed by atoms with E-state index < -0.39 is 17.8 Å². The van der Waals surface area contributed by atoms with E-state index in [1.165, 1.54) is 18.2 Å². The second kappa shape index (κ2) is 11.1. The standard InChI is InChI=1S/C28H24ClN3O5/c1-3-31(21-10-6-5-7-11-21)25(33)18-13-15-20(16-14-18)30-24-23(29)26(34)32(27(24)35)22-12-8-9-19(17-22)28(36)37-4-2/h5-17,30H,3-4H2,1-2H3. The fraction of sp³-hybridized carbons (Fsp3) is 0.143. The van der Waals surface area contributed by atoms with Gasteiger partial charge in [0, 0.05) is 23.5 Å². The summed E-state index contributed by atoms with van der Waals surface area (Å²) < 4.78 is 4.99. The highest BCUT2D eigenvalue weighted by atomic mass is 35.5. The number of nitrogens with one attached hydrogen (secondary N) is 1. The van der Waals surface area contributed by atoms with Crippen molar-refractivity contribution in [1.82, 2.24) is 0 Å². The number of anilines is 3. The summed E-state index contributed by atoms with van der Waals surface area (Å²) >= 11 is 6.23. The maximum atomic E-state index is 13.1. The summed E-state index contributed by atoms with van der Waals surface area (Å²) in [6.45, 7) is 4.27. The molecule has 0 saturated carbocycles. The van der Waals surface area contributed by atoms with Crippen LogP contribution in [0.15, 0.2) is 89.6 Å². The molecule has 188 valence electrons. The van der Waals surface area contributed by atoms with Crippen molar-refractivity contribution in [2.24, 2.45) is 0 Å². The molecule has 0 unspecified atom stereocenters. The third-order valence-electron chi connectivity index (χ3n) is 5.67. The second-order valence-corrected chi connectivity index (χ2v) is 8.37. The van der Waals surface area contributed by atoms with E-state index in [1.807, 2.05) is 37.3 Å². The molecule has 0 aromatic heterocycles. The van der Waals surface area contributed by atoms with Crippen LogP contribution in [0, 0.1) is 0 Å². The van der Waals surface area contributed by atoms with Gasteiger partial charge in [-0.3, -0.25) is 14.4 Å². The molecule has 4 rings (SSSR count). The molecule has 0 saturated heterocycles. The molecule has 3 aromatic carbocycles. The Morgan fingerprint density at radius 1 is 0.892 bits per heavy atom. The number of carbonyl (C=O) groups excluding carboxylic acids is 4. The van der Waals surface area contributed by atoms with Crippen LogP contribution in [0.1, 0.15) is 34.6 Å². The molecule has 3 amide bonds. The molecule has 0 aliphatic carbocycles. The summed E-state index contributed by atoms with van der Waals surface area (Å²) in [6.07, 6.45) is 0. The van der Waals surface area contributed by atoms with Gasteiger partial charge >= 0.3 is 5.97 Å². The number of imide groups is 1. The Bertz CT molecular complexity index is 1390. The van der Waals surface area contributed by atoms with Crippen molar-refractivity contribution >= 4 is 52.4 Å². The zero-order valence-electron chi connectivity index (χ0n) is 20.2. The van der Waals surface area contributed by atoms with Crippen LogP contribution in [0.4, 0.5) is 17.1 Å². The zero-order valence-corrected chi connectivity index (χ0v) is 21.0. The predicted octanol–water partition coefficient (Wildman–Crippen LogP) is 4.97. The molecule has 1 aliphatic heterocycles. The lowest BCUT2D eigenvalue weighted by Crippen LogP contribution is -2.32. The van der Waals surface area contributed by atoms with Crippen LogP contribution in [0.25, 0.3) is 0 Å². The van der Waals surface area contributed by atoms with Gasteiger partial charge in [-0.15, -0.1) is 0 Å². The number of para-hydroxylation sites is 1. The molecule has 1 heterocycles. The van der Waals surface area contributed by atoms with Crippen LogP contribution in [0.3, 0.4) is 0 Å².